The topological polar surface area (TPSA) is 69.6 Å². The predicted molar refractivity (Wildman–Crippen MR) is 83.6 cm³/mol. The van der Waals surface area contributed by atoms with Gasteiger partial charge >= 0.3 is 5.97 Å². The Morgan fingerprint density at radius 1 is 1.48 bits per heavy atom. The van der Waals surface area contributed by atoms with E-state index in [1.54, 1.807) is 11.4 Å². The van der Waals surface area contributed by atoms with E-state index >= 15 is 0 Å². The lowest BCUT2D eigenvalue weighted by molar-refractivity contribution is -0.131. The Labute approximate surface area is 128 Å². The molecule has 21 heavy (non-hydrogen) atoms. The molecule has 1 amide bonds. The third kappa shape index (κ3) is 4.68. The fourth-order valence-corrected chi connectivity index (χ4v) is 3.15. The highest BCUT2D eigenvalue weighted by Crippen LogP contribution is 2.16. The van der Waals surface area contributed by atoms with Crippen molar-refractivity contribution in [3.63, 3.8) is 0 Å². The molecular weight excluding hydrogens is 288 g/mol. The summed E-state index contributed by atoms with van der Waals surface area (Å²) >= 11 is 1.36. The number of thiophene rings is 1. The van der Waals surface area contributed by atoms with Gasteiger partial charge in [-0.2, -0.15) is 0 Å². The van der Waals surface area contributed by atoms with E-state index in [9.17, 15) is 9.59 Å². The average molecular weight is 308 g/mol. The van der Waals surface area contributed by atoms with Crippen LogP contribution in [0.25, 0.3) is 6.08 Å². The van der Waals surface area contributed by atoms with Crippen LogP contribution in [0.4, 0.5) is 0 Å². The van der Waals surface area contributed by atoms with Crippen LogP contribution in [0.2, 0.25) is 0 Å². The molecule has 1 fully saturated rings. The van der Waals surface area contributed by atoms with Crippen molar-refractivity contribution in [2.75, 3.05) is 19.6 Å². The van der Waals surface area contributed by atoms with Gasteiger partial charge in [0.05, 0.1) is 5.56 Å². The second-order valence-electron chi connectivity index (χ2n) is 5.21. The Kier molecular flexibility index (Phi) is 5.52. The lowest BCUT2D eigenvalue weighted by Crippen LogP contribution is -2.40. The molecule has 2 heterocycles. The number of aliphatic carboxylic acids is 1. The Morgan fingerprint density at radius 2 is 2.19 bits per heavy atom. The van der Waals surface area contributed by atoms with Crippen LogP contribution in [0.3, 0.4) is 0 Å². The van der Waals surface area contributed by atoms with Gasteiger partial charge in [0.1, 0.15) is 0 Å². The number of carboxylic acids is 1. The molecule has 1 atom stereocenters. The minimum Gasteiger partial charge on any atom is -0.478 e. The summed E-state index contributed by atoms with van der Waals surface area (Å²) < 4.78 is 0. The predicted octanol–water partition coefficient (Wildman–Crippen LogP) is 2.06. The standard InChI is InChI=1S/C15H20N2O3S/c1-11(17-6-2-3-7-17)9-16-15(20)12-8-13(21-10-12)4-5-14(18)19/h4-5,8,10-11H,2-3,6-7,9H2,1H3,(H,16,20)(H,18,19)/b5-4+. The summed E-state index contributed by atoms with van der Waals surface area (Å²) in [5.74, 6) is -1.10. The molecular formula is C15H20N2O3S. The second-order valence-corrected chi connectivity index (χ2v) is 6.15. The van der Waals surface area contributed by atoms with Crippen LogP contribution in [0.5, 0.6) is 0 Å². The van der Waals surface area contributed by atoms with Crippen molar-refractivity contribution >= 4 is 29.3 Å². The summed E-state index contributed by atoms with van der Waals surface area (Å²) in [6.07, 6.45) is 5.05. The third-order valence-electron chi connectivity index (χ3n) is 3.59. The van der Waals surface area contributed by atoms with Gasteiger partial charge in [0.15, 0.2) is 0 Å². The maximum Gasteiger partial charge on any atom is 0.328 e. The zero-order valence-corrected chi connectivity index (χ0v) is 12.9. The summed E-state index contributed by atoms with van der Waals surface area (Å²) in [5, 5.41) is 13.3. The zero-order valence-electron chi connectivity index (χ0n) is 12.0. The number of nitrogens with one attached hydrogen (secondary N) is 1. The van der Waals surface area contributed by atoms with Gasteiger partial charge in [0, 0.05) is 28.9 Å². The first-order valence-corrected chi connectivity index (χ1v) is 7.96. The van der Waals surface area contributed by atoms with E-state index in [1.807, 2.05) is 0 Å². The maximum atomic E-state index is 12.1. The van der Waals surface area contributed by atoms with Gasteiger partial charge in [-0.3, -0.25) is 9.69 Å². The highest BCUT2D eigenvalue weighted by atomic mass is 32.1. The molecule has 5 nitrogen and oxygen atoms in total. The van der Waals surface area contributed by atoms with Gasteiger partial charge in [0.2, 0.25) is 0 Å². The normalized spacial score (nSPS) is 17.2. The van der Waals surface area contributed by atoms with Crippen LogP contribution >= 0.6 is 11.3 Å². The van der Waals surface area contributed by atoms with Crippen LogP contribution in [-0.4, -0.2) is 47.6 Å². The molecule has 0 spiro atoms. The maximum absolute atomic E-state index is 12.1. The Morgan fingerprint density at radius 3 is 2.86 bits per heavy atom. The Bertz CT molecular complexity index is 533. The van der Waals surface area contributed by atoms with Crippen molar-refractivity contribution in [3.05, 3.63) is 28.0 Å². The molecule has 1 saturated heterocycles. The van der Waals surface area contributed by atoms with Crippen molar-refractivity contribution < 1.29 is 14.7 Å². The van der Waals surface area contributed by atoms with Crippen LogP contribution < -0.4 is 5.32 Å². The molecule has 2 N–H and O–H groups in total. The van der Waals surface area contributed by atoms with Gasteiger partial charge in [0.25, 0.3) is 5.91 Å². The number of hydrogen-bond acceptors (Lipinski definition) is 4. The zero-order chi connectivity index (χ0) is 15.2. The molecule has 1 aromatic rings. The molecule has 6 heteroatoms. The third-order valence-corrected chi connectivity index (χ3v) is 4.49. The van der Waals surface area contributed by atoms with Crippen LogP contribution in [0.1, 0.15) is 35.0 Å². The molecule has 0 bridgehead atoms. The van der Waals surface area contributed by atoms with E-state index in [4.69, 9.17) is 5.11 Å². The summed E-state index contributed by atoms with van der Waals surface area (Å²) in [7, 11) is 0. The van der Waals surface area contributed by atoms with Gasteiger partial charge in [-0.25, -0.2) is 4.79 Å². The molecule has 2 rings (SSSR count). The fourth-order valence-electron chi connectivity index (χ4n) is 2.37. The quantitative estimate of drug-likeness (QED) is 0.789. The molecule has 0 aliphatic carbocycles. The molecule has 0 radical (unpaired) electrons. The van der Waals surface area contributed by atoms with Crippen LogP contribution in [0, 0.1) is 0 Å². The summed E-state index contributed by atoms with van der Waals surface area (Å²) in [6, 6.07) is 2.06. The minimum absolute atomic E-state index is 0.104. The highest BCUT2D eigenvalue weighted by molar-refractivity contribution is 7.11. The number of carbonyl (C=O) groups is 2. The van der Waals surface area contributed by atoms with Crippen molar-refractivity contribution in [1.29, 1.82) is 0 Å². The fraction of sp³-hybridized carbons (Fsp3) is 0.467. The number of rotatable bonds is 6. The minimum atomic E-state index is -0.992. The SMILES string of the molecule is CC(CNC(=O)c1csc(/C=C/C(=O)O)c1)N1CCCC1. The van der Waals surface area contributed by atoms with Gasteiger partial charge in [-0.1, -0.05) is 0 Å². The number of amides is 1. The van der Waals surface area contributed by atoms with E-state index < -0.39 is 5.97 Å². The lowest BCUT2D eigenvalue weighted by Gasteiger charge is -2.23. The van der Waals surface area contributed by atoms with Crippen LogP contribution in [-0.2, 0) is 4.79 Å². The monoisotopic (exact) mass is 308 g/mol. The largest absolute Gasteiger partial charge is 0.478 e. The van der Waals surface area contributed by atoms with Gasteiger partial charge in [-0.05, 0) is 45.0 Å². The number of nitrogens with zero attached hydrogens (tertiary/aromatic N) is 1. The summed E-state index contributed by atoms with van der Waals surface area (Å²) in [4.78, 5) is 25.6. The summed E-state index contributed by atoms with van der Waals surface area (Å²) in [6.45, 7) is 4.98. The summed E-state index contributed by atoms with van der Waals surface area (Å²) in [5.41, 5.74) is 0.582. The number of carboxylic acid groups (broad SMARTS) is 1. The van der Waals surface area contributed by atoms with Crippen molar-refractivity contribution in [1.82, 2.24) is 10.2 Å². The van der Waals surface area contributed by atoms with Crippen molar-refractivity contribution in [2.24, 2.45) is 0 Å². The molecule has 1 aromatic heterocycles. The van der Waals surface area contributed by atoms with E-state index in [-0.39, 0.29) is 5.91 Å². The van der Waals surface area contributed by atoms with Crippen molar-refractivity contribution in [2.45, 2.75) is 25.8 Å². The van der Waals surface area contributed by atoms with Crippen molar-refractivity contribution in [3.8, 4) is 0 Å². The van der Waals surface area contributed by atoms with E-state index in [0.717, 1.165) is 24.0 Å². The van der Waals surface area contributed by atoms with E-state index in [0.29, 0.717) is 18.2 Å². The molecule has 1 aliphatic heterocycles. The van der Waals surface area contributed by atoms with E-state index in [1.165, 1.54) is 30.3 Å². The second kappa shape index (κ2) is 7.38. The van der Waals surface area contributed by atoms with E-state index in [2.05, 4.69) is 17.1 Å². The number of likely N-dealkylation sites (tertiary alicyclic amines) is 1. The van der Waals surface area contributed by atoms with Gasteiger partial charge in [-0.15, -0.1) is 11.3 Å². The average Bonchev–Trinajstić information content (AvgIpc) is 3.12. The Balaban J connectivity index is 1.84. The first kappa shape index (κ1) is 15.7. The molecule has 1 unspecified atom stereocenters. The molecule has 0 saturated carbocycles. The first-order valence-electron chi connectivity index (χ1n) is 7.08. The molecule has 114 valence electrons. The first-order chi connectivity index (χ1) is 10.1. The highest BCUT2D eigenvalue weighted by Gasteiger charge is 2.18. The lowest BCUT2D eigenvalue weighted by atomic mass is 10.2. The molecule has 1 aliphatic rings. The van der Waals surface area contributed by atoms with Crippen LogP contribution in [0.15, 0.2) is 17.5 Å². The smallest absolute Gasteiger partial charge is 0.328 e. The number of carbonyl (C=O) groups excluding carboxylic acids is 1. The number of hydrogen-bond donors (Lipinski definition) is 2. The Hall–Kier alpha value is -1.66. The molecule has 0 aromatic carbocycles. The van der Waals surface area contributed by atoms with Gasteiger partial charge < -0.3 is 10.4 Å².